The molecule has 0 saturated carbocycles. The van der Waals surface area contributed by atoms with Gasteiger partial charge < -0.3 is 19.5 Å². The summed E-state index contributed by atoms with van der Waals surface area (Å²) in [5.41, 5.74) is 0.596. The van der Waals surface area contributed by atoms with E-state index in [1.165, 1.54) is 0 Å². The average molecular weight is 353 g/mol. The van der Waals surface area contributed by atoms with Crippen molar-refractivity contribution in [2.45, 2.75) is 31.0 Å². The first-order valence-electron chi connectivity index (χ1n) is 8.35. The quantitative estimate of drug-likeness (QED) is 0.864. The van der Waals surface area contributed by atoms with Crippen molar-refractivity contribution in [1.82, 2.24) is 19.7 Å². The van der Waals surface area contributed by atoms with E-state index in [4.69, 9.17) is 16.3 Å². The van der Waals surface area contributed by atoms with Crippen LogP contribution in [0.25, 0.3) is 0 Å². The van der Waals surface area contributed by atoms with Crippen LogP contribution in [0, 0.1) is 0 Å². The molecule has 7 nitrogen and oxygen atoms in total. The number of aromatic nitrogens is 1. The van der Waals surface area contributed by atoms with E-state index in [2.05, 4.69) is 5.32 Å². The Hall–Kier alpha value is -1.73. The molecule has 1 N–H and O–H groups in total. The van der Waals surface area contributed by atoms with Crippen molar-refractivity contribution in [2.24, 2.45) is 7.05 Å². The number of ether oxygens (including phenoxy) is 1. The summed E-state index contributed by atoms with van der Waals surface area (Å²) in [6.07, 6.45) is 3.06. The van der Waals surface area contributed by atoms with Crippen LogP contribution in [0.15, 0.2) is 12.3 Å². The molecular weight excluding hydrogens is 332 g/mol. The Morgan fingerprint density at radius 1 is 1.33 bits per heavy atom. The first-order chi connectivity index (χ1) is 11.5. The van der Waals surface area contributed by atoms with Crippen LogP contribution in [0.1, 0.15) is 23.3 Å². The number of fused-ring (bicyclic) bond motifs is 1. The summed E-state index contributed by atoms with van der Waals surface area (Å²) >= 11 is 5.97. The Bertz CT molecular complexity index is 668. The van der Waals surface area contributed by atoms with E-state index < -0.39 is 0 Å². The molecule has 3 saturated heterocycles. The monoisotopic (exact) mass is 352 g/mol. The molecule has 8 heteroatoms. The highest BCUT2D eigenvalue weighted by Crippen LogP contribution is 2.29. The highest BCUT2D eigenvalue weighted by atomic mass is 35.5. The Morgan fingerprint density at radius 2 is 2.08 bits per heavy atom. The first-order valence-corrected chi connectivity index (χ1v) is 8.73. The lowest BCUT2D eigenvalue weighted by Crippen LogP contribution is -2.51. The molecule has 0 radical (unpaired) electrons. The van der Waals surface area contributed by atoms with Gasteiger partial charge in [-0.05, 0) is 18.9 Å². The third-order valence-corrected chi connectivity index (χ3v) is 5.49. The topological polar surface area (TPSA) is 66.8 Å². The van der Waals surface area contributed by atoms with Gasteiger partial charge >= 0.3 is 6.09 Å². The maximum absolute atomic E-state index is 12.6. The maximum Gasteiger partial charge on any atom is 0.410 e. The van der Waals surface area contributed by atoms with Crippen molar-refractivity contribution < 1.29 is 14.3 Å². The molecule has 0 aliphatic carbocycles. The summed E-state index contributed by atoms with van der Waals surface area (Å²) in [5, 5.41) is 3.84. The van der Waals surface area contributed by atoms with Gasteiger partial charge in [-0.25, -0.2) is 4.79 Å². The number of hydrogen-bond donors (Lipinski definition) is 1. The predicted molar refractivity (Wildman–Crippen MR) is 88.1 cm³/mol. The number of aryl methyl sites for hydroxylation is 1. The molecule has 4 rings (SSSR count). The lowest BCUT2D eigenvalue weighted by molar-refractivity contribution is 0.0629. The molecular formula is C16H21ClN4O3. The van der Waals surface area contributed by atoms with Crippen molar-refractivity contribution in [3.8, 4) is 0 Å². The van der Waals surface area contributed by atoms with Crippen molar-refractivity contribution in [3.63, 3.8) is 0 Å². The van der Waals surface area contributed by atoms with E-state index in [-0.39, 0.29) is 30.2 Å². The van der Waals surface area contributed by atoms with Gasteiger partial charge in [-0.15, -0.1) is 0 Å². The van der Waals surface area contributed by atoms with Gasteiger partial charge in [0.1, 0.15) is 11.8 Å². The summed E-state index contributed by atoms with van der Waals surface area (Å²) in [6, 6.07) is 1.98. The molecule has 0 spiro atoms. The van der Waals surface area contributed by atoms with Gasteiger partial charge in [0, 0.05) is 45.5 Å². The molecule has 1 aromatic heterocycles. The van der Waals surface area contributed by atoms with Gasteiger partial charge in [-0.1, -0.05) is 11.6 Å². The number of likely N-dealkylation sites (tertiary alicyclic amines) is 1. The summed E-state index contributed by atoms with van der Waals surface area (Å²) in [4.78, 5) is 28.5. The smallest absolute Gasteiger partial charge is 0.410 e. The summed E-state index contributed by atoms with van der Waals surface area (Å²) < 4.78 is 7.19. The minimum Gasteiger partial charge on any atom is -0.442 e. The fraction of sp³-hybridized carbons (Fsp3) is 0.625. The van der Waals surface area contributed by atoms with Gasteiger partial charge in [-0.3, -0.25) is 9.69 Å². The molecule has 3 aliphatic rings. The van der Waals surface area contributed by atoms with Crippen LogP contribution in [0.5, 0.6) is 0 Å². The first kappa shape index (κ1) is 15.8. The number of nitrogens with one attached hydrogen (secondary N) is 1. The Morgan fingerprint density at radius 3 is 2.75 bits per heavy atom. The molecule has 3 aliphatic heterocycles. The number of piperidine rings is 1. The Labute approximate surface area is 145 Å². The third kappa shape index (κ3) is 2.56. The third-order valence-electron chi connectivity index (χ3n) is 5.28. The molecule has 3 fully saturated rings. The molecule has 2 amide bonds. The summed E-state index contributed by atoms with van der Waals surface area (Å²) in [5.74, 6) is -0.00717. The van der Waals surface area contributed by atoms with Crippen LogP contribution >= 0.6 is 11.6 Å². The second-order valence-electron chi connectivity index (χ2n) is 6.73. The van der Waals surface area contributed by atoms with Crippen molar-refractivity contribution >= 4 is 23.6 Å². The van der Waals surface area contributed by atoms with Gasteiger partial charge in [0.15, 0.2) is 0 Å². The predicted octanol–water partition coefficient (Wildman–Crippen LogP) is 1.08. The number of nitrogens with zero attached hydrogens (tertiary/aromatic N) is 3. The second-order valence-corrected chi connectivity index (χ2v) is 7.17. The summed E-state index contributed by atoms with van der Waals surface area (Å²) in [6.45, 7) is 2.80. The van der Waals surface area contributed by atoms with Gasteiger partial charge in [-0.2, -0.15) is 0 Å². The number of amides is 2. The number of carbonyl (C=O) groups is 2. The van der Waals surface area contributed by atoms with Crippen LogP contribution in [0.3, 0.4) is 0 Å². The second kappa shape index (κ2) is 5.97. The maximum atomic E-state index is 12.6. The summed E-state index contributed by atoms with van der Waals surface area (Å²) in [7, 11) is 1.82. The zero-order valence-electron chi connectivity index (χ0n) is 13.6. The number of rotatable bonds is 2. The normalized spacial score (nSPS) is 27.5. The van der Waals surface area contributed by atoms with E-state index in [1.807, 2.05) is 16.8 Å². The van der Waals surface area contributed by atoms with E-state index in [1.54, 1.807) is 16.8 Å². The van der Waals surface area contributed by atoms with E-state index in [0.29, 0.717) is 23.8 Å². The highest BCUT2D eigenvalue weighted by Gasteiger charge is 2.48. The van der Waals surface area contributed by atoms with Crippen LogP contribution in [-0.2, 0) is 11.8 Å². The number of carbonyl (C=O) groups excluding carboxylic acids is 2. The zero-order valence-corrected chi connectivity index (χ0v) is 14.3. The molecule has 2 atom stereocenters. The largest absolute Gasteiger partial charge is 0.442 e. The van der Waals surface area contributed by atoms with E-state index in [0.717, 1.165) is 25.9 Å². The lowest BCUT2D eigenvalue weighted by atomic mass is 10.0. The Balaban J connectivity index is 1.41. The standard InChI is InChI=1S/C16H21ClN4O3/c1-19-9-10(17)6-12(19)15(22)20-4-2-11(3-5-20)21-13-7-18-8-14(13)24-16(21)23/h6,9,11,13-14,18H,2-5,7-8H2,1H3/t13-,14+/m1/s1. The fourth-order valence-corrected chi connectivity index (χ4v) is 4.28. The van der Waals surface area contributed by atoms with Crippen molar-refractivity contribution in [3.05, 3.63) is 23.0 Å². The molecule has 4 heterocycles. The molecule has 130 valence electrons. The molecule has 1 aromatic rings. The molecule has 0 unspecified atom stereocenters. The minimum atomic E-state index is -0.203. The van der Waals surface area contributed by atoms with E-state index in [9.17, 15) is 9.59 Å². The van der Waals surface area contributed by atoms with Crippen molar-refractivity contribution in [2.75, 3.05) is 26.2 Å². The minimum absolute atomic E-state index is 0.00717. The van der Waals surface area contributed by atoms with Gasteiger partial charge in [0.2, 0.25) is 0 Å². The zero-order chi connectivity index (χ0) is 16.8. The van der Waals surface area contributed by atoms with Gasteiger partial charge in [0.25, 0.3) is 5.91 Å². The number of hydrogen-bond acceptors (Lipinski definition) is 4. The van der Waals surface area contributed by atoms with Crippen LogP contribution in [0.4, 0.5) is 4.79 Å². The lowest BCUT2D eigenvalue weighted by Gasteiger charge is -2.37. The number of halogens is 1. The van der Waals surface area contributed by atoms with Crippen LogP contribution in [-0.4, -0.2) is 70.7 Å². The molecule has 24 heavy (non-hydrogen) atoms. The average Bonchev–Trinajstić information content (AvgIpc) is 3.21. The van der Waals surface area contributed by atoms with Crippen molar-refractivity contribution in [1.29, 1.82) is 0 Å². The van der Waals surface area contributed by atoms with E-state index >= 15 is 0 Å². The molecule has 0 bridgehead atoms. The molecule has 0 aromatic carbocycles. The fourth-order valence-electron chi connectivity index (χ4n) is 4.03. The Kier molecular flexibility index (Phi) is 3.92. The van der Waals surface area contributed by atoms with Gasteiger partial charge in [0.05, 0.1) is 11.1 Å². The van der Waals surface area contributed by atoms with Crippen LogP contribution < -0.4 is 5.32 Å². The SMILES string of the molecule is Cn1cc(Cl)cc1C(=O)N1CCC(N2C(=O)O[C@H]3CNC[C@H]32)CC1. The highest BCUT2D eigenvalue weighted by molar-refractivity contribution is 6.31. The van der Waals surface area contributed by atoms with Crippen LogP contribution in [0.2, 0.25) is 5.02 Å².